The minimum atomic E-state index is -0.0874. The maximum atomic E-state index is 12.4. The van der Waals surface area contributed by atoms with Crippen LogP contribution in [-0.2, 0) is 0 Å². The van der Waals surface area contributed by atoms with Crippen LogP contribution < -0.4 is 9.47 Å². The van der Waals surface area contributed by atoms with Gasteiger partial charge in [-0.1, -0.05) is 0 Å². The van der Waals surface area contributed by atoms with E-state index in [1.165, 1.54) is 18.4 Å². The van der Waals surface area contributed by atoms with E-state index >= 15 is 0 Å². The Morgan fingerprint density at radius 2 is 2.14 bits per heavy atom. The Bertz CT molecular complexity index is 674. The molecule has 0 aromatic carbocycles. The summed E-state index contributed by atoms with van der Waals surface area (Å²) in [6.45, 7) is 3.22. The summed E-state index contributed by atoms with van der Waals surface area (Å²) in [6.07, 6.45) is 3.80. The van der Waals surface area contributed by atoms with Gasteiger partial charge in [-0.05, 0) is 23.9 Å². The van der Waals surface area contributed by atoms with Gasteiger partial charge in [0.05, 0.1) is 18.5 Å². The van der Waals surface area contributed by atoms with Crippen molar-refractivity contribution in [3.63, 3.8) is 0 Å². The Kier molecular flexibility index (Phi) is 4.24. The quantitative estimate of drug-likeness (QED) is 0.864. The lowest BCUT2D eigenvalue weighted by atomic mass is 10.3. The first-order chi connectivity index (χ1) is 10.7. The molecule has 0 N–H and O–H groups in total. The van der Waals surface area contributed by atoms with Gasteiger partial charge in [-0.3, -0.25) is 4.79 Å². The number of amides is 1. The number of hydrogen-bond donors (Lipinski definition) is 0. The third-order valence-corrected chi connectivity index (χ3v) is 4.51. The van der Waals surface area contributed by atoms with E-state index in [4.69, 9.17) is 9.47 Å². The Morgan fingerprint density at radius 3 is 2.82 bits per heavy atom. The van der Waals surface area contributed by atoms with Crippen LogP contribution in [0.5, 0.6) is 11.8 Å². The monoisotopic (exact) mass is 319 g/mol. The van der Waals surface area contributed by atoms with Crippen molar-refractivity contribution in [3.8, 4) is 11.8 Å². The van der Waals surface area contributed by atoms with Gasteiger partial charge in [0.25, 0.3) is 17.7 Å². The summed E-state index contributed by atoms with van der Waals surface area (Å²) >= 11 is 1.48. The van der Waals surface area contributed by atoms with Crippen LogP contribution in [0.15, 0.2) is 23.8 Å². The molecule has 22 heavy (non-hydrogen) atoms. The minimum Gasteiger partial charge on any atom is -0.477 e. The molecule has 1 amide bonds. The van der Waals surface area contributed by atoms with Gasteiger partial charge in [-0.25, -0.2) is 9.97 Å². The van der Waals surface area contributed by atoms with Crippen LogP contribution in [0.2, 0.25) is 0 Å². The summed E-state index contributed by atoms with van der Waals surface area (Å²) in [4.78, 5) is 23.2. The number of rotatable bonds is 4. The molecular formula is C15H17N3O3S. The lowest BCUT2D eigenvalue weighted by molar-refractivity contribution is 0.0775. The van der Waals surface area contributed by atoms with Crippen LogP contribution in [0.4, 0.5) is 0 Å². The lowest BCUT2D eigenvalue weighted by Gasteiger charge is -2.16. The Labute approximate surface area is 132 Å². The van der Waals surface area contributed by atoms with E-state index in [0.717, 1.165) is 16.9 Å². The highest BCUT2D eigenvalue weighted by molar-refractivity contribution is 7.12. The van der Waals surface area contributed by atoms with Crippen LogP contribution in [0.25, 0.3) is 0 Å². The van der Waals surface area contributed by atoms with Crippen molar-refractivity contribution in [2.75, 3.05) is 20.2 Å². The molecule has 2 aromatic rings. The first-order valence-corrected chi connectivity index (χ1v) is 7.91. The van der Waals surface area contributed by atoms with Crippen molar-refractivity contribution in [1.82, 2.24) is 14.9 Å². The third-order valence-electron chi connectivity index (χ3n) is 3.48. The zero-order valence-electron chi connectivity index (χ0n) is 12.5. The zero-order chi connectivity index (χ0) is 15.5. The van der Waals surface area contributed by atoms with Gasteiger partial charge in [0.15, 0.2) is 0 Å². The first-order valence-electron chi connectivity index (χ1n) is 7.03. The van der Waals surface area contributed by atoms with Crippen molar-refractivity contribution in [1.29, 1.82) is 0 Å². The number of carbonyl (C=O) groups is 1. The largest absolute Gasteiger partial charge is 0.477 e. The lowest BCUT2D eigenvalue weighted by Crippen LogP contribution is -2.30. The van der Waals surface area contributed by atoms with E-state index in [2.05, 4.69) is 9.97 Å². The number of likely N-dealkylation sites (tertiary alicyclic amines) is 1. The summed E-state index contributed by atoms with van der Waals surface area (Å²) in [5.74, 6) is 0.799. The summed E-state index contributed by atoms with van der Waals surface area (Å²) < 4.78 is 11.0. The fraction of sp³-hybridized carbons (Fsp3) is 0.400. The van der Waals surface area contributed by atoms with Gasteiger partial charge in [-0.15, -0.1) is 11.3 Å². The average molecular weight is 319 g/mol. The SMILES string of the molecule is COc1nccnc1OC1CCN(C(=O)c2cc(C)cs2)C1. The van der Waals surface area contributed by atoms with Gasteiger partial charge >= 0.3 is 0 Å². The number of hydrogen-bond acceptors (Lipinski definition) is 6. The molecule has 1 unspecified atom stereocenters. The normalized spacial score (nSPS) is 17.5. The number of aromatic nitrogens is 2. The maximum Gasteiger partial charge on any atom is 0.278 e. The minimum absolute atomic E-state index is 0.0651. The third kappa shape index (κ3) is 3.04. The molecule has 116 valence electrons. The molecule has 6 nitrogen and oxygen atoms in total. The molecule has 2 aromatic heterocycles. The van der Waals surface area contributed by atoms with Gasteiger partial charge in [0.2, 0.25) is 0 Å². The predicted octanol–water partition coefficient (Wildman–Crippen LogP) is 2.15. The van der Waals surface area contributed by atoms with E-state index in [9.17, 15) is 4.79 Å². The standard InChI is InChI=1S/C15H17N3O3S/c1-10-7-12(22-9-10)15(19)18-6-3-11(8-18)21-14-13(20-2)16-4-5-17-14/h4-5,7,9,11H,3,6,8H2,1-2H3. The second-order valence-corrected chi connectivity index (χ2v) is 6.05. The Balaban J connectivity index is 1.64. The van der Waals surface area contributed by atoms with Crippen molar-refractivity contribution in [3.05, 3.63) is 34.3 Å². The number of methoxy groups -OCH3 is 1. The smallest absolute Gasteiger partial charge is 0.278 e. The van der Waals surface area contributed by atoms with Crippen LogP contribution in [-0.4, -0.2) is 47.1 Å². The van der Waals surface area contributed by atoms with Gasteiger partial charge in [0.1, 0.15) is 6.10 Å². The molecule has 0 radical (unpaired) electrons. The highest BCUT2D eigenvalue weighted by Gasteiger charge is 2.29. The molecule has 3 heterocycles. The van der Waals surface area contributed by atoms with E-state index in [-0.39, 0.29) is 12.0 Å². The van der Waals surface area contributed by atoms with E-state index in [1.807, 2.05) is 23.3 Å². The molecule has 1 aliphatic rings. The summed E-state index contributed by atoms with van der Waals surface area (Å²) in [6, 6.07) is 1.92. The number of ether oxygens (including phenoxy) is 2. The molecule has 0 spiro atoms. The number of thiophene rings is 1. The zero-order valence-corrected chi connectivity index (χ0v) is 13.3. The molecule has 1 atom stereocenters. The van der Waals surface area contributed by atoms with Crippen LogP contribution >= 0.6 is 11.3 Å². The molecule has 0 aliphatic carbocycles. The molecule has 1 aliphatic heterocycles. The number of aryl methyl sites for hydroxylation is 1. The highest BCUT2D eigenvalue weighted by atomic mass is 32.1. The van der Waals surface area contributed by atoms with Crippen LogP contribution in [0.3, 0.4) is 0 Å². The van der Waals surface area contributed by atoms with Crippen molar-refractivity contribution in [2.45, 2.75) is 19.4 Å². The van der Waals surface area contributed by atoms with Crippen LogP contribution in [0, 0.1) is 6.92 Å². The van der Waals surface area contributed by atoms with Crippen molar-refractivity contribution >= 4 is 17.2 Å². The molecular weight excluding hydrogens is 302 g/mol. The average Bonchev–Trinajstić information content (AvgIpc) is 3.16. The summed E-state index contributed by atoms with van der Waals surface area (Å²) in [5, 5.41) is 1.99. The first kappa shape index (κ1) is 14.8. The van der Waals surface area contributed by atoms with E-state index < -0.39 is 0 Å². The molecule has 0 bridgehead atoms. The number of carbonyl (C=O) groups excluding carboxylic acids is 1. The number of nitrogens with zero attached hydrogens (tertiary/aromatic N) is 3. The molecule has 0 saturated carbocycles. The molecule has 1 saturated heterocycles. The molecule has 1 fully saturated rings. The Hall–Kier alpha value is -2.15. The predicted molar refractivity (Wildman–Crippen MR) is 82.6 cm³/mol. The van der Waals surface area contributed by atoms with Gasteiger partial charge < -0.3 is 14.4 Å². The van der Waals surface area contributed by atoms with Crippen LogP contribution in [0.1, 0.15) is 21.7 Å². The van der Waals surface area contributed by atoms with E-state index in [0.29, 0.717) is 24.8 Å². The molecule has 7 heteroatoms. The highest BCUT2D eigenvalue weighted by Crippen LogP contribution is 2.25. The summed E-state index contributed by atoms with van der Waals surface area (Å²) in [7, 11) is 1.53. The summed E-state index contributed by atoms with van der Waals surface area (Å²) in [5.41, 5.74) is 1.12. The fourth-order valence-corrected chi connectivity index (χ4v) is 3.26. The fourth-order valence-electron chi connectivity index (χ4n) is 2.40. The van der Waals surface area contributed by atoms with Crippen molar-refractivity contribution < 1.29 is 14.3 Å². The topological polar surface area (TPSA) is 64.6 Å². The van der Waals surface area contributed by atoms with Gasteiger partial charge in [0, 0.05) is 25.4 Å². The molecule has 3 rings (SSSR count). The van der Waals surface area contributed by atoms with Gasteiger partial charge in [-0.2, -0.15) is 0 Å². The second kappa shape index (κ2) is 6.31. The maximum absolute atomic E-state index is 12.4. The second-order valence-electron chi connectivity index (χ2n) is 5.14. The van der Waals surface area contributed by atoms with E-state index in [1.54, 1.807) is 12.4 Å². The van der Waals surface area contributed by atoms with Crippen molar-refractivity contribution in [2.24, 2.45) is 0 Å². The Morgan fingerprint density at radius 1 is 1.36 bits per heavy atom.